The molecule has 0 aliphatic carbocycles. The maximum absolute atomic E-state index is 11.4. The lowest BCUT2D eigenvalue weighted by atomic mass is 10.3. The van der Waals surface area contributed by atoms with Crippen molar-refractivity contribution in [3.63, 3.8) is 0 Å². The highest BCUT2D eigenvalue weighted by Crippen LogP contribution is 2.31. The van der Waals surface area contributed by atoms with Crippen molar-refractivity contribution in [2.75, 3.05) is 0 Å². The van der Waals surface area contributed by atoms with E-state index in [1.165, 1.54) is 11.8 Å². The van der Waals surface area contributed by atoms with Crippen molar-refractivity contribution in [3.05, 3.63) is 54.0 Å². The van der Waals surface area contributed by atoms with Gasteiger partial charge in [0.15, 0.2) is 11.4 Å². The third kappa shape index (κ3) is 2.50. The molecule has 0 unspecified atom stereocenters. The molecular formula is C15H14N4OS. The lowest BCUT2D eigenvalue weighted by molar-refractivity contribution is 0.112. The SMILES string of the molecule is Cc1nn(-c2ccccc2)c(Sc2nccn2C)c1C=O. The number of nitrogens with zero attached hydrogens (tertiary/aromatic N) is 4. The van der Waals surface area contributed by atoms with Gasteiger partial charge in [0.1, 0.15) is 5.03 Å². The van der Waals surface area contributed by atoms with Gasteiger partial charge in [-0.3, -0.25) is 4.79 Å². The van der Waals surface area contributed by atoms with Crippen LogP contribution in [0.1, 0.15) is 16.1 Å². The summed E-state index contributed by atoms with van der Waals surface area (Å²) in [5.74, 6) is 0. The summed E-state index contributed by atoms with van der Waals surface area (Å²) in [6.45, 7) is 1.84. The fourth-order valence-electron chi connectivity index (χ4n) is 2.03. The minimum Gasteiger partial charge on any atom is -0.329 e. The smallest absolute Gasteiger partial charge is 0.174 e. The van der Waals surface area contributed by atoms with E-state index in [9.17, 15) is 4.79 Å². The average Bonchev–Trinajstić information content (AvgIpc) is 3.04. The van der Waals surface area contributed by atoms with Crippen LogP contribution in [0.4, 0.5) is 0 Å². The second kappa shape index (κ2) is 5.57. The van der Waals surface area contributed by atoms with Crippen LogP contribution in [-0.2, 0) is 7.05 Å². The van der Waals surface area contributed by atoms with E-state index in [1.807, 2.05) is 55.1 Å². The van der Waals surface area contributed by atoms with Gasteiger partial charge in [0.05, 0.1) is 16.9 Å². The molecule has 0 atom stereocenters. The minimum atomic E-state index is 0.604. The highest BCUT2D eigenvalue weighted by Gasteiger charge is 2.18. The molecule has 0 aliphatic rings. The van der Waals surface area contributed by atoms with Crippen LogP contribution in [0.5, 0.6) is 0 Å². The van der Waals surface area contributed by atoms with Gasteiger partial charge >= 0.3 is 0 Å². The number of benzene rings is 1. The van der Waals surface area contributed by atoms with Crippen molar-refractivity contribution < 1.29 is 4.79 Å². The van der Waals surface area contributed by atoms with Crippen LogP contribution in [0, 0.1) is 6.92 Å². The van der Waals surface area contributed by atoms with Gasteiger partial charge < -0.3 is 4.57 Å². The summed E-state index contributed by atoms with van der Waals surface area (Å²) in [6.07, 6.45) is 4.46. The average molecular weight is 298 g/mol. The molecule has 106 valence electrons. The Morgan fingerprint density at radius 2 is 2.00 bits per heavy atom. The van der Waals surface area contributed by atoms with E-state index >= 15 is 0 Å². The first kappa shape index (κ1) is 13.6. The number of aromatic nitrogens is 4. The first-order valence-corrected chi connectivity index (χ1v) is 7.27. The van der Waals surface area contributed by atoms with Crippen molar-refractivity contribution >= 4 is 18.0 Å². The van der Waals surface area contributed by atoms with E-state index in [0.717, 1.165) is 22.2 Å². The van der Waals surface area contributed by atoms with Gasteiger partial charge in [0.2, 0.25) is 0 Å². The summed E-state index contributed by atoms with van der Waals surface area (Å²) >= 11 is 1.44. The number of hydrogen-bond acceptors (Lipinski definition) is 4. The van der Waals surface area contributed by atoms with Gasteiger partial charge in [-0.1, -0.05) is 18.2 Å². The highest BCUT2D eigenvalue weighted by atomic mass is 32.2. The molecule has 2 heterocycles. The molecule has 0 fully saturated rings. The van der Waals surface area contributed by atoms with Crippen molar-refractivity contribution in [1.29, 1.82) is 0 Å². The molecule has 0 amide bonds. The van der Waals surface area contributed by atoms with Gasteiger partial charge in [0, 0.05) is 19.4 Å². The summed E-state index contributed by atoms with van der Waals surface area (Å²) in [4.78, 5) is 15.7. The van der Waals surface area contributed by atoms with Crippen LogP contribution >= 0.6 is 11.8 Å². The maximum Gasteiger partial charge on any atom is 0.174 e. The Morgan fingerprint density at radius 1 is 1.24 bits per heavy atom. The first-order chi connectivity index (χ1) is 10.2. The zero-order chi connectivity index (χ0) is 14.8. The highest BCUT2D eigenvalue weighted by molar-refractivity contribution is 7.99. The van der Waals surface area contributed by atoms with Gasteiger partial charge in [0.25, 0.3) is 0 Å². The fraction of sp³-hybridized carbons (Fsp3) is 0.133. The summed E-state index contributed by atoms with van der Waals surface area (Å²) in [5.41, 5.74) is 2.24. The lowest BCUT2D eigenvalue weighted by Gasteiger charge is -2.07. The summed E-state index contributed by atoms with van der Waals surface area (Å²) < 4.78 is 3.70. The number of carbonyl (C=O) groups excluding carboxylic acids is 1. The van der Waals surface area contributed by atoms with E-state index in [0.29, 0.717) is 11.3 Å². The molecule has 0 radical (unpaired) electrons. The third-order valence-corrected chi connectivity index (χ3v) is 4.31. The number of aldehydes is 1. The molecule has 0 bridgehead atoms. The van der Waals surface area contributed by atoms with Crippen LogP contribution in [0.15, 0.2) is 52.9 Å². The second-order valence-electron chi connectivity index (χ2n) is 4.59. The van der Waals surface area contributed by atoms with Gasteiger partial charge in [-0.2, -0.15) is 5.10 Å². The molecule has 0 spiro atoms. The van der Waals surface area contributed by atoms with Crippen LogP contribution < -0.4 is 0 Å². The van der Waals surface area contributed by atoms with E-state index in [-0.39, 0.29) is 0 Å². The van der Waals surface area contributed by atoms with E-state index < -0.39 is 0 Å². The molecular weight excluding hydrogens is 284 g/mol. The van der Waals surface area contributed by atoms with Crippen LogP contribution in [0.3, 0.4) is 0 Å². The molecule has 21 heavy (non-hydrogen) atoms. The number of carbonyl (C=O) groups is 1. The summed E-state index contributed by atoms with van der Waals surface area (Å²) in [7, 11) is 1.92. The Kier molecular flexibility index (Phi) is 3.62. The standard InChI is InChI=1S/C15H14N4OS/c1-11-13(10-20)14(21-15-16-8-9-18(15)2)19(17-11)12-6-4-3-5-7-12/h3-10H,1-2H3. The summed E-state index contributed by atoms with van der Waals surface area (Å²) in [6, 6.07) is 9.77. The van der Waals surface area contributed by atoms with Crippen molar-refractivity contribution in [3.8, 4) is 5.69 Å². The molecule has 1 aromatic carbocycles. The first-order valence-electron chi connectivity index (χ1n) is 6.46. The monoisotopic (exact) mass is 298 g/mol. The van der Waals surface area contributed by atoms with Crippen LogP contribution in [-0.4, -0.2) is 25.6 Å². The predicted molar refractivity (Wildman–Crippen MR) is 81.0 cm³/mol. The molecule has 3 aromatic rings. The largest absolute Gasteiger partial charge is 0.329 e. The van der Waals surface area contributed by atoms with E-state index in [1.54, 1.807) is 10.9 Å². The molecule has 0 saturated carbocycles. The van der Waals surface area contributed by atoms with Crippen molar-refractivity contribution in [1.82, 2.24) is 19.3 Å². The topological polar surface area (TPSA) is 52.7 Å². The number of rotatable bonds is 4. The second-order valence-corrected chi connectivity index (χ2v) is 5.55. The number of para-hydroxylation sites is 1. The molecule has 2 aromatic heterocycles. The Labute approximate surface area is 126 Å². The quantitative estimate of drug-likeness (QED) is 0.695. The molecule has 0 aliphatic heterocycles. The van der Waals surface area contributed by atoms with Gasteiger partial charge in [-0.05, 0) is 30.8 Å². The van der Waals surface area contributed by atoms with E-state index in [2.05, 4.69) is 10.1 Å². The normalized spacial score (nSPS) is 10.8. The molecule has 5 nitrogen and oxygen atoms in total. The Bertz CT molecular complexity index is 776. The number of imidazole rings is 1. The van der Waals surface area contributed by atoms with Crippen LogP contribution in [0.2, 0.25) is 0 Å². The number of hydrogen-bond donors (Lipinski definition) is 0. The molecule has 0 saturated heterocycles. The van der Waals surface area contributed by atoms with Gasteiger partial charge in [-0.15, -0.1) is 0 Å². The Balaban J connectivity index is 2.13. The molecule has 0 N–H and O–H groups in total. The fourth-order valence-corrected chi connectivity index (χ4v) is 3.06. The molecule has 3 rings (SSSR count). The van der Waals surface area contributed by atoms with Crippen LogP contribution in [0.25, 0.3) is 5.69 Å². The minimum absolute atomic E-state index is 0.604. The number of aryl methyl sites for hydroxylation is 2. The third-order valence-electron chi connectivity index (χ3n) is 3.15. The molecule has 6 heteroatoms. The predicted octanol–water partition coefficient (Wildman–Crippen LogP) is 2.88. The summed E-state index contributed by atoms with van der Waals surface area (Å²) in [5, 5.41) is 6.08. The van der Waals surface area contributed by atoms with Gasteiger partial charge in [-0.25, -0.2) is 9.67 Å². The van der Waals surface area contributed by atoms with E-state index in [4.69, 9.17) is 0 Å². The maximum atomic E-state index is 11.4. The lowest BCUT2D eigenvalue weighted by Crippen LogP contribution is -2.00. The van der Waals surface area contributed by atoms with Crippen molar-refractivity contribution in [2.24, 2.45) is 7.05 Å². The zero-order valence-electron chi connectivity index (χ0n) is 11.7. The Morgan fingerprint density at radius 3 is 2.62 bits per heavy atom. The Hall–Kier alpha value is -2.34. The zero-order valence-corrected chi connectivity index (χ0v) is 12.5. The van der Waals surface area contributed by atoms with Crippen molar-refractivity contribution in [2.45, 2.75) is 17.1 Å².